The Bertz CT molecular complexity index is 300. The largest absolute Gasteiger partial charge is 0.355 e. The van der Waals surface area contributed by atoms with Crippen molar-refractivity contribution in [1.82, 2.24) is 4.98 Å². The topological polar surface area (TPSA) is 16.1 Å². The first-order valence-corrected chi connectivity index (χ1v) is 5.90. The predicted molar refractivity (Wildman–Crippen MR) is 63.1 cm³/mol. The van der Waals surface area contributed by atoms with Gasteiger partial charge in [0.05, 0.1) is 0 Å². The lowest BCUT2D eigenvalue weighted by atomic mass is 10.2. The third-order valence-electron chi connectivity index (χ3n) is 2.74. The zero-order valence-electron chi connectivity index (χ0n) is 8.57. The molecule has 2 atom stereocenters. The first kappa shape index (κ1) is 9.97. The van der Waals surface area contributed by atoms with E-state index in [2.05, 4.69) is 51.8 Å². The molecule has 0 aliphatic carbocycles. The predicted octanol–water partition coefficient (Wildman–Crippen LogP) is 2.61. The van der Waals surface area contributed by atoms with Crippen LogP contribution in [0, 0.1) is 12.8 Å². The van der Waals surface area contributed by atoms with Gasteiger partial charge in [-0.25, -0.2) is 4.98 Å². The number of halogens is 1. The van der Waals surface area contributed by atoms with Gasteiger partial charge in [-0.1, -0.05) is 28.9 Å². The lowest BCUT2D eigenvalue weighted by Crippen LogP contribution is -2.20. The summed E-state index contributed by atoms with van der Waals surface area (Å²) >= 11 is 3.69. The summed E-state index contributed by atoms with van der Waals surface area (Å²) in [6, 6.07) is 4.22. The van der Waals surface area contributed by atoms with Gasteiger partial charge in [-0.05, 0) is 24.5 Å². The fraction of sp³-hybridized carbons (Fsp3) is 0.545. The van der Waals surface area contributed by atoms with Crippen LogP contribution in [0.2, 0.25) is 0 Å². The molecule has 1 aromatic rings. The van der Waals surface area contributed by atoms with Crippen LogP contribution in [0.3, 0.4) is 0 Å². The van der Waals surface area contributed by atoms with Crippen LogP contribution in [0.25, 0.3) is 0 Å². The molecule has 2 nitrogen and oxygen atoms in total. The van der Waals surface area contributed by atoms with Gasteiger partial charge in [-0.15, -0.1) is 0 Å². The molecule has 1 fully saturated rings. The number of hydrogen-bond acceptors (Lipinski definition) is 2. The maximum atomic E-state index is 4.43. The standard InChI is InChI=1S/C11H15BrN2/c1-8-3-4-11(13-5-8)14-6-9(2)10(12)7-14/h3-5,9-10H,6-7H2,1-2H3. The first-order chi connectivity index (χ1) is 6.66. The quantitative estimate of drug-likeness (QED) is 0.717. The number of alkyl halides is 1. The second-order valence-electron chi connectivity index (χ2n) is 4.09. The van der Waals surface area contributed by atoms with Crippen molar-refractivity contribution in [2.24, 2.45) is 5.92 Å². The summed E-state index contributed by atoms with van der Waals surface area (Å²) in [4.78, 5) is 7.37. The van der Waals surface area contributed by atoms with Gasteiger partial charge in [0.25, 0.3) is 0 Å². The van der Waals surface area contributed by atoms with E-state index in [1.807, 2.05) is 6.20 Å². The Labute approximate surface area is 93.5 Å². The van der Waals surface area contributed by atoms with Crippen molar-refractivity contribution in [2.45, 2.75) is 18.7 Å². The highest BCUT2D eigenvalue weighted by Crippen LogP contribution is 2.26. The number of pyridine rings is 1. The van der Waals surface area contributed by atoms with E-state index in [-0.39, 0.29) is 0 Å². The van der Waals surface area contributed by atoms with Crippen molar-refractivity contribution < 1.29 is 0 Å². The molecule has 0 amide bonds. The van der Waals surface area contributed by atoms with E-state index in [4.69, 9.17) is 0 Å². The van der Waals surface area contributed by atoms with Gasteiger partial charge >= 0.3 is 0 Å². The molecule has 1 aliphatic heterocycles. The molecule has 0 saturated carbocycles. The molecule has 1 saturated heterocycles. The van der Waals surface area contributed by atoms with Gasteiger partial charge in [-0.3, -0.25) is 0 Å². The summed E-state index contributed by atoms with van der Waals surface area (Å²) in [5.41, 5.74) is 1.22. The highest BCUT2D eigenvalue weighted by Gasteiger charge is 2.27. The second-order valence-corrected chi connectivity index (χ2v) is 5.27. The van der Waals surface area contributed by atoms with E-state index in [0.29, 0.717) is 10.7 Å². The van der Waals surface area contributed by atoms with Gasteiger partial charge in [-0.2, -0.15) is 0 Å². The van der Waals surface area contributed by atoms with Crippen LogP contribution in [0.1, 0.15) is 12.5 Å². The lowest BCUT2D eigenvalue weighted by Gasteiger charge is -2.16. The molecule has 2 unspecified atom stereocenters. The number of aromatic nitrogens is 1. The summed E-state index contributed by atoms with van der Waals surface area (Å²) in [7, 11) is 0. The van der Waals surface area contributed by atoms with E-state index in [1.54, 1.807) is 0 Å². The smallest absolute Gasteiger partial charge is 0.128 e. The Balaban J connectivity index is 2.13. The highest BCUT2D eigenvalue weighted by atomic mass is 79.9. The normalized spacial score (nSPS) is 26.9. The molecule has 0 radical (unpaired) electrons. The molecule has 0 bridgehead atoms. The van der Waals surface area contributed by atoms with Gasteiger partial charge in [0.15, 0.2) is 0 Å². The van der Waals surface area contributed by atoms with Crippen LogP contribution in [0.15, 0.2) is 18.3 Å². The number of hydrogen-bond donors (Lipinski definition) is 0. The molecule has 0 N–H and O–H groups in total. The fourth-order valence-corrected chi connectivity index (χ4v) is 2.28. The molecule has 1 aliphatic rings. The first-order valence-electron chi connectivity index (χ1n) is 4.98. The van der Waals surface area contributed by atoms with Crippen molar-refractivity contribution in [3.63, 3.8) is 0 Å². The maximum absolute atomic E-state index is 4.43. The molecule has 76 valence electrons. The zero-order valence-corrected chi connectivity index (χ0v) is 10.2. The van der Waals surface area contributed by atoms with Crippen molar-refractivity contribution in [3.05, 3.63) is 23.9 Å². The van der Waals surface area contributed by atoms with Gasteiger partial charge in [0.2, 0.25) is 0 Å². The van der Waals surface area contributed by atoms with Gasteiger partial charge in [0, 0.05) is 24.1 Å². The molecule has 14 heavy (non-hydrogen) atoms. The van der Waals surface area contributed by atoms with Crippen LogP contribution in [-0.4, -0.2) is 22.9 Å². The summed E-state index contributed by atoms with van der Waals surface area (Å²) in [6.07, 6.45) is 1.93. The minimum absolute atomic E-state index is 0.602. The van der Waals surface area contributed by atoms with Crippen LogP contribution < -0.4 is 4.90 Å². The molecular weight excluding hydrogens is 240 g/mol. The molecular formula is C11H15BrN2. The number of aryl methyl sites for hydroxylation is 1. The van der Waals surface area contributed by atoms with Gasteiger partial charge in [0.1, 0.15) is 5.82 Å². The Hall–Kier alpha value is -0.570. The summed E-state index contributed by atoms with van der Waals surface area (Å²) in [6.45, 7) is 6.51. The van der Waals surface area contributed by atoms with Crippen LogP contribution >= 0.6 is 15.9 Å². The third-order valence-corrected chi connectivity index (χ3v) is 3.93. The van der Waals surface area contributed by atoms with Gasteiger partial charge < -0.3 is 4.90 Å². The van der Waals surface area contributed by atoms with Crippen molar-refractivity contribution >= 4 is 21.7 Å². The number of nitrogens with zero attached hydrogens (tertiary/aromatic N) is 2. The molecule has 0 spiro atoms. The Kier molecular flexibility index (Phi) is 2.77. The average molecular weight is 255 g/mol. The van der Waals surface area contributed by atoms with E-state index in [0.717, 1.165) is 18.9 Å². The minimum Gasteiger partial charge on any atom is -0.355 e. The van der Waals surface area contributed by atoms with E-state index < -0.39 is 0 Å². The molecule has 1 aromatic heterocycles. The van der Waals surface area contributed by atoms with Crippen molar-refractivity contribution in [1.29, 1.82) is 0 Å². The summed E-state index contributed by atoms with van der Waals surface area (Å²) in [5, 5.41) is 0. The minimum atomic E-state index is 0.602. The zero-order chi connectivity index (χ0) is 10.1. The Morgan fingerprint density at radius 2 is 2.21 bits per heavy atom. The summed E-state index contributed by atoms with van der Waals surface area (Å²) in [5.74, 6) is 1.81. The summed E-state index contributed by atoms with van der Waals surface area (Å²) < 4.78 is 0. The van der Waals surface area contributed by atoms with E-state index in [1.165, 1.54) is 5.56 Å². The SMILES string of the molecule is Cc1ccc(N2CC(C)C(Br)C2)nc1. The van der Waals surface area contributed by atoms with Crippen molar-refractivity contribution in [3.8, 4) is 0 Å². The molecule has 3 heteroatoms. The van der Waals surface area contributed by atoms with Crippen molar-refractivity contribution in [2.75, 3.05) is 18.0 Å². The number of rotatable bonds is 1. The second kappa shape index (κ2) is 3.89. The lowest BCUT2D eigenvalue weighted by molar-refractivity contribution is 0.679. The van der Waals surface area contributed by atoms with Crippen LogP contribution in [0.5, 0.6) is 0 Å². The van der Waals surface area contributed by atoms with Crippen LogP contribution in [0.4, 0.5) is 5.82 Å². The molecule has 2 heterocycles. The maximum Gasteiger partial charge on any atom is 0.128 e. The fourth-order valence-electron chi connectivity index (χ4n) is 1.76. The Morgan fingerprint density at radius 1 is 1.43 bits per heavy atom. The van der Waals surface area contributed by atoms with E-state index >= 15 is 0 Å². The molecule has 0 aromatic carbocycles. The third kappa shape index (κ3) is 1.92. The highest BCUT2D eigenvalue weighted by molar-refractivity contribution is 9.09. The van der Waals surface area contributed by atoms with Crippen LogP contribution in [-0.2, 0) is 0 Å². The monoisotopic (exact) mass is 254 g/mol. The Morgan fingerprint density at radius 3 is 2.71 bits per heavy atom. The average Bonchev–Trinajstić information content (AvgIpc) is 2.48. The molecule has 2 rings (SSSR count). The van der Waals surface area contributed by atoms with E-state index in [9.17, 15) is 0 Å². The number of anilines is 1.